The summed E-state index contributed by atoms with van der Waals surface area (Å²) in [5.41, 5.74) is 0. The number of nitrogens with one attached hydrogen (secondary N) is 1. The molecule has 2 aliphatic heterocycles. The average Bonchev–Trinajstić information content (AvgIpc) is 2.85. The molecular weight excluding hydrogens is 228 g/mol. The van der Waals surface area contributed by atoms with Crippen molar-refractivity contribution in [2.24, 2.45) is 0 Å². The molecule has 4 nitrogen and oxygen atoms in total. The van der Waals surface area contributed by atoms with Crippen LogP contribution in [0.5, 0.6) is 0 Å². The molecule has 2 fully saturated rings. The summed E-state index contributed by atoms with van der Waals surface area (Å²) in [6.07, 6.45) is 4.62. The van der Waals surface area contributed by atoms with E-state index in [9.17, 15) is 0 Å². The van der Waals surface area contributed by atoms with Crippen molar-refractivity contribution in [2.75, 3.05) is 33.3 Å². The van der Waals surface area contributed by atoms with Crippen LogP contribution in [0.25, 0.3) is 0 Å². The van der Waals surface area contributed by atoms with Crippen molar-refractivity contribution in [1.29, 1.82) is 0 Å². The van der Waals surface area contributed by atoms with E-state index in [0.717, 1.165) is 45.4 Å². The molecule has 0 bridgehead atoms. The van der Waals surface area contributed by atoms with Gasteiger partial charge in [0.15, 0.2) is 0 Å². The van der Waals surface area contributed by atoms with Crippen molar-refractivity contribution in [1.82, 2.24) is 10.2 Å². The van der Waals surface area contributed by atoms with E-state index in [1.165, 1.54) is 0 Å². The maximum atomic E-state index is 6.03. The van der Waals surface area contributed by atoms with Crippen LogP contribution in [-0.2, 0) is 9.47 Å². The van der Waals surface area contributed by atoms with Gasteiger partial charge in [-0.3, -0.25) is 4.90 Å². The molecule has 0 aromatic heterocycles. The SMILES string of the molecule is CCC1CN(C[C@@H]2C[C@H](OC)CN2)CC(CC)O1. The predicted octanol–water partition coefficient (Wildman–Crippen LogP) is 1.25. The molecule has 106 valence electrons. The molecule has 2 saturated heterocycles. The molecule has 0 aliphatic carbocycles. The molecule has 4 atom stereocenters. The normalized spacial score (nSPS) is 38.2. The van der Waals surface area contributed by atoms with Gasteiger partial charge in [-0.25, -0.2) is 0 Å². The molecule has 0 amide bonds. The minimum Gasteiger partial charge on any atom is -0.380 e. The van der Waals surface area contributed by atoms with Crippen LogP contribution in [0, 0.1) is 0 Å². The van der Waals surface area contributed by atoms with Crippen LogP contribution >= 0.6 is 0 Å². The van der Waals surface area contributed by atoms with Crippen molar-refractivity contribution < 1.29 is 9.47 Å². The Morgan fingerprint density at radius 3 is 2.39 bits per heavy atom. The van der Waals surface area contributed by atoms with Gasteiger partial charge in [-0.15, -0.1) is 0 Å². The molecule has 2 heterocycles. The second-order valence-corrected chi connectivity index (χ2v) is 5.61. The van der Waals surface area contributed by atoms with Gasteiger partial charge in [-0.2, -0.15) is 0 Å². The van der Waals surface area contributed by atoms with Crippen molar-refractivity contribution >= 4 is 0 Å². The van der Waals surface area contributed by atoms with Crippen LogP contribution in [0.15, 0.2) is 0 Å². The zero-order valence-corrected chi connectivity index (χ0v) is 12.0. The lowest BCUT2D eigenvalue weighted by molar-refractivity contribution is -0.0884. The van der Waals surface area contributed by atoms with Crippen molar-refractivity contribution in [2.45, 2.75) is 57.5 Å². The second kappa shape index (κ2) is 6.85. The van der Waals surface area contributed by atoms with E-state index >= 15 is 0 Å². The third-order valence-electron chi connectivity index (χ3n) is 4.21. The first-order valence-corrected chi connectivity index (χ1v) is 7.39. The Balaban J connectivity index is 1.81. The maximum absolute atomic E-state index is 6.03. The summed E-state index contributed by atoms with van der Waals surface area (Å²) in [4.78, 5) is 2.57. The Kier molecular flexibility index (Phi) is 5.42. The molecular formula is C14H28N2O2. The molecule has 0 spiro atoms. The van der Waals surface area contributed by atoms with E-state index in [-0.39, 0.29) is 0 Å². The topological polar surface area (TPSA) is 33.7 Å². The van der Waals surface area contributed by atoms with E-state index in [1.807, 2.05) is 7.11 Å². The van der Waals surface area contributed by atoms with Crippen LogP contribution in [0.4, 0.5) is 0 Å². The summed E-state index contributed by atoms with van der Waals surface area (Å²) >= 11 is 0. The lowest BCUT2D eigenvalue weighted by Gasteiger charge is -2.38. The van der Waals surface area contributed by atoms with Gasteiger partial charge in [0.1, 0.15) is 0 Å². The maximum Gasteiger partial charge on any atom is 0.0711 e. The number of morpholine rings is 1. The van der Waals surface area contributed by atoms with E-state index < -0.39 is 0 Å². The highest BCUT2D eigenvalue weighted by molar-refractivity contribution is 4.87. The fraction of sp³-hybridized carbons (Fsp3) is 1.00. The Hall–Kier alpha value is -0.160. The highest BCUT2D eigenvalue weighted by Crippen LogP contribution is 2.18. The summed E-state index contributed by atoms with van der Waals surface area (Å²) in [7, 11) is 1.81. The number of nitrogens with zero attached hydrogens (tertiary/aromatic N) is 1. The van der Waals surface area contributed by atoms with Crippen molar-refractivity contribution in [3.63, 3.8) is 0 Å². The van der Waals surface area contributed by atoms with Crippen LogP contribution in [0.2, 0.25) is 0 Å². The summed E-state index contributed by atoms with van der Waals surface area (Å²) in [5, 5.41) is 3.56. The molecule has 1 N–H and O–H groups in total. The van der Waals surface area contributed by atoms with Gasteiger partial charge < -0.3 is 14.8 Å². The highest BCUT2D eigenvalue weighted by atomic mass is 16.5. The average molecular weight is 256 g/mol. The first-order chi connectivity index (χ1) is 8.75. The van der Waals surface area contributed by atoms with Gasteiger partial charge in [0.2, 0.25) is 0 Å². The van der Waals surface area contributed by atoms with E-state index in [2.05, 4.69) is 24.1 Å². The summed E-state index contributed by atoms with van der Waals surface area (Å²) in [5.74, 6) is 0. The van der Waals surface area contributed by atoms with Gasteiger partial charge in [-0.1, -0.05) is 13.8 Å². The molecule has 2 unspecified atom stereocenters. The number of hydrogen-bond donors (Lipinski definition) is 1. The molecule has 4 heteroatoms. The predicted molar refractivity (Wildman–Crippen MR) is 72.9 cm³/mol. The standard InChI is InChI=1S/C14H28N2O2/c1-4-12-9-16(10-13(5-2)18-12)8-11-6-14(17-3)7-15-11/h11-15H,4-10H2,1-3H3/t11-,12?,13?,14-/m0/s1. The van der Waals surface area contributed by atoms with Crippen molar-refractivity contribution in [3.8, 4) is 0 Å². The van der Waals surface area contributed by atoms with E-state index in [1.54, 1.807) is 0 Å². The zero-order valence-electron chi connectivity index (χ0n) is 12.0. The Bertz CT molecular complexity index is 238. The molecule has 18 heavy (non-hydrogen) atoms. The summed E-state index contributed by atoms with van der Waals surface area (Å²) < 4.78 is 11.4. The van der Waals surface area contributed by atoms with E-state index in [0.29, 0.717) is 24.4 Å². The van der Waals surface area contributed by atoms with Crippen LogP contribution in [-0.4, -0.2) is 62.5 Å². The van der Waals surface area contributed by atoms with Crippen molar-refractivity contribution in [3.05, 3.63) is 0 Å². The lowest BCUT2D eigenvalue weighted by Crippen LogP contribution is -2.50. The number of hydrogen-bond acceptors (Lipinski definition) is 4. The zero-order chi connectivity index (χ0) is 13.0. The molecule has 0 saturated carbocycles. The minimum absolute atomic E-state index is 0.403. The Morgan fingerprint density at radius 1 is 1.22 bits per heavy atom. The molecule has 0 aromatic rings. The third kappa shape index (κ3) is 3.67. The first-order valence-electron chi connectivity index (χ1n) is 7.39. The quantitative estimate of drug-likeness (QED) is 0.803. The minimum atomic E-state index is 0.403. The fourth-order valence-electron chi connectivity index (χ4n) is 3.02. The van der Waals surface area contributed by atoms with Gasteiger partial charge in [0.05, 0.1) is 18.3 Å². The Labute approximate surface area is 111 Å². The molecule has 2 aliphatic rings. The monoisotopic (exact) mass is 256 g/mol. The van der Waals surface area contributed by atoms with Gasteiger partial charge in [0, 0.05) is 39.3 Å². The number of rotatable bonds is 5. The second-order valence-electron chi connectivity index (χ2n) is 5.61. The Morgan fingerprint density at radius 2 is 1.89 bits per heavy atom. The van der Waals surface area contributed by atoms with Crippen LogP contribution in [0.1, 0.15) is 33.1 Å². The molecule has 0 aromatic carbocycles. The van der Waals surface area contributed by atoms with Gasteiger partial charge in [0.25, 0.3) is 0 Å². The number of ether oxygens (including phenoxy) is 2. The third-order valence-corrected chi connectivity index (χ3v) is 4.21. The smallest absolute Gasteiger partial charge is 0.0711 e. The van der Waals surface area contributed by atoms with Crippen LogP contribution < -0.4 is 5.32 Å². The summed E-state index contributed by atoms with van der Waals surface area (Å²) in [6, 6.07) is 0.586. The summed E-state index contributed by atoms with van der Waals surface area (Å²) in [6.45, 7) is 8.74. The molecule has 2 rings (SSSR count). The molecule has 0 radical (unpaired) electrons. The largest absolute Gasteiger partial charge is 0.380 e. The highest BCUT2D eigenvalue weighted by Gasteiger charge is 2.30. The number of methoxy groups -OCH3 is 1. The van der Waals surface area contributed by atoms with Gasteiger partial charge >= 0.3 is 0 Å². The van der Waals surface area contributed by atoms with Gasteiger partial charge in [-0.05, 0) is 19.3 Å². The first kappa shape index (κ1) is 14.3. The van der Waals surface area contributed by atoms with E-state index in [4.69, 9.17) is 9.47 Å². The fourth-order valence-corrected chi connectivity index (χ4v) is 3.02. The lowest BCUT2D eigenvalue weighted by atomic mass is 10.1. The van der Waals surface area contributed by atoms with Crippen LogP contribution in [0.3, 0.4) is 0 Å².